The first-order valence-corrected chi connectivity index (χ1v) is 4.16. The highest BCUT2D eigenvalue weighted by molar-refractivity contribution is 4.99. The van der Waals surface area contributed by atoms with E-state index in [2.05, 4.69) is 12.2 Å². The van der Waals surface area contributed by atoms with Gasteiger partial charge in [-0.2, -0.15) is 0 Å². The van der Waals surface area contributed by atoms with Crippen molar-refractivity contribution < 1.29 is 4.74 Å². The normalized spacial score (nSPS) is 37.5. The molecule has 1 heterocycles. The van der Waals surface area contributed by atoms with Crippen LogP contribution >= 0.6 is 0 Å². The van der Waals surface area contributed by atoms with Crippen molar-refractivity contribution in [3.05, 3.63) is 0 Å². The zero-order valence-electron chi connectivity index (χ0n) is 6.52. The highest BCUT2D eigenvalue weighted by Gasteiger charge is 2.40. The van der Waals surface area contributed by atoms with E-state index in [4.69, 9.17) is 4.74 Å². The molecule has 2 rings (SSSR count). The monoisotopic (exact) mass is 141 g/mol. The molecule has 2 nitrogen and oxygen atoms in total. The zero-order chi connectivity index (χ0) is 7.03. The fourth-order valence-electron chi connectivity index (χ4n) is 1.93. The summed E-state index contributed by atoms with van der Waals surface area (Å²) in [6.45, 7) is 4.03. The maximum absolute atomic E-state index is 5.48. The van der Waals surface area contributed by atoms with Crippen LogP contribution in [0.1, 0.15) is 26.2 Å². The molecule has 10 heavy (non-hydrogen) atoms. The van der Waals surface area contributed by atoms with Crippen LogP contribution < -0.4 is 5.32 Å². The van der Waals surface area contributed by atoms with Crippen molar-refractivity contribution in [2.24, 2.45) is 0 Å². The maximum Gasteiger partial charge on any atom is 0.0649 e. The minimum absolute atomic E-state index is 0.400. The number of nitrogens with one attached hydrogen (secondary N) is 1. The molecule has 1 atom stereocenters. The fraction of sp³-hybridized carbons (Fsp3) is 1.00. The van der Waals surface area contributed by atoms with Crippen LogP contribution in [0.5, 0.6) is 0 Å². The Hall–Kier alpha value is -0.0800. The second-order valence-corrected chi connectivity index (χ2v) is 3.69. The lowest BCUT2D eigenvalue weighted by Gasteiger charge is -2.47. The first-order valence-electron chi connectivity index (χ1n) is 4.16. The Bertz CT molecular complexity index is 131. The molecule has 0 aromatic carbocycles. The summed E-state index contributed by atoms with van der Waals surface area (Å²) in [6, 6.07) is 0.564. The van der Waals surface area contributed by atoms with Gasteiger partial charge in [0, 0.05) is 11.6 Å². The lowest BCUT2D eigenvalue weighted by atomic mass is 9.76. The molecule has 2 aliphatic rings. The smallest absolute Gasteiger partial charge is 0.0649 e. The second-order valence-electron chi connectivity index (χ2n) is 3.69. The van der Waals surface area contributed by atoms with Crippen LogP contribution in [0.3, 0.4) is 0 Å². The van der Waals surface area contributed by atoms with Crippen LogP contribution in [0.25, 0.3) is 0 Å². The van der Waals surface area contributed by atoms with E-state index in [9.17, 15) is 0 Å². The fourth-order valence-corrected chi connectivity index (χ4v) is 1.93. The topological polar surface area (TPSA) is 21.3 Å². The summed E-state index contributed by atoms with van der Waals surface area (Å²) in [5.41, 5.74) is 0.400. The summed E-state index contributed by atoms with van der Waals surface area (Å²) in [6.07, 6.45) is 4.01. The molecule has 1 saturated heterocycles. The van der Waals surface area contributed by atoms with E-state index in [1.165, 1.54) is 19.3 Å². The second kappa shape index (κ2) is 2.21. The van der Waals surface area contributed by atoms with Crippen molar-refractivity contribution in [1.29, 1.82) is 0 Å². The molecule has 0 aromatic rings. The summed E-state index contributed by atoms with van der Waals surface area (Å²) in [7, 11) is 0. The van der Waals surface area contributed by atoms with Crippen LogP contribution in [0, 0.1) is 0 Å². The van der Waals surface area contributed by atoms with E-state index in [1.54, 1.807) is 0 Å². The molecule has 2 heteroatoms. The number of morpholine rings is 1. The van der Waals surface area contributed by atoms with Crippen molar-refractivity contribution >= 4 is 0 Å². The van der Waals surface area contributed by atoms with Gasteiger partial charge < -0.3 is 10.1 Å². The van der Waals surface area contributed by atoms with Crippen molar-refractivity contribution in [3.8, 4) is 0 Å². The minimum Gasteiger partial charge on any atom is -0.378 e. The lowest BCUT2D eigenvalue weighted by Crippen LogP contribution is -2.61. The van der Waals surface area contributed by atoms with Crippen LogP contribution in [-0.4, -0.2) is 24.8 Å². The van der Waals surface area contributed by atoms with E-state index < -0.39 is 0 Å². The lowest BCUT2D eigenvalue weighted by molar-refractivity contribution is -0.0321. The van der Waals surface area contributed by atoms with Crippen LogP contribution in [0.4, 0.5) is 0 Å². The Labute approximate surface area is 61.9 Å². The molecule has 0 bridgehead atoms. The minimum atomic E-state index is 0.400. The van der Waals surface area contributed by atoms with Crippen molar-refractivity contribution in [1.82, 2.24) is 5.32 Å². The van der Waals surface area contributed by atoms with E-state index in [1.807, 2.05) is 0 Å². The van der Waals surface area contributed by atoms with E-state index in [0.29, 0.717) is 11.6 Å². The average Bonchev–Trinajstić information content (AvgIpc) is 1.85. The van der Waals surface area contributed by atoms with Gasteiger partial charge in [0.25, 0.3) is 0 Å². The Kier molecular flexibility index (Phi) is 1.46. The first kappa shape index (κ1) is 6.62. The summed E-state index contributed by atoms with van der Waals surface area (Å²) in [4.78, 5) is 0. The predicted octanol–water partition coefficient (Wildman–Crippen LogP) is 0.917. The molecule has 1 N–H and O–H groups in total. The zero-order valence-corrected chi connectivity index (χ0v) is 6.52. The highest BCUT2D eigenvalue weighted by atomic mass is 16.5. The number of ether oxygens (including phenoxy) is 1. The number of rotatable bonds is 0. The van der Waals surface area contributed by atoms with E-state index in [-0.39, 0.29) is 0 Å². The quantitative estimate of drug-likeness (QED) is 0.541. The summed E-state index contributed by atoms with van der Waals surface area (Å²) < 4.78 is 5.48. The standard InChI is InChI=1S/C8H15NO/c1-7-5-10-6-8(9-7)3-2-4-8/h7,9H,2-6H2,1H3/t7-/m0/s1. The Morgan fingerprint density at radius 3 is 2.70 bits per heavy atom. The van der Waals surface area contributed by atoms with Gasteiger partial charge in [-0.3, -0.25) is 0 Å². The van der Waals surface area contributed by atoms with Gasteiger partial charge in [0.05, 0.1) is 13.2 Å². The Morgan fingerprint density at radius 1 is 1.50 bits per heavy atom. The van der Waals surface area contributed by atoms with Crippen LogP contribution in [-0.2, 0) is 4.74 Å². The van der Waals surface area contributed by atoms with Crippen molar-refractivity contribution in [3.63, 3.8) is 0 Å². The molecule has 0 amide bonds. The summed E-state index contributed by atoms with van der Waals surface area (Å²) in [5.74, 6) is 0. The number of hydrogen-bond acceptors (Lipinski definition) is 2. The Morgan fingerprint density at radius 2 is 2.30 bits per heavy atom. The Balaban J connectivity index is 1.96. The maximum atomic E-state index is 5.48. The largest absolute Gasteiger partial charge is 0.378 e. The van der Waals surface area contributed by atoms with Gasteiger partial charge in [-0.1, -0.05) is 0 Å². The molecule has 2 fully saturated rings. The summed E-state index contributed by atoms with van der Waals surface area (Å²) in [5, 5.41) is 3.60. The van der Waals surface area contributed by atoms with Gasteiger partial charge in [-0.15, -0.1) is 0 Å². The first-order chi connectivity index (χ1) is 4.81. The van der Waals surface area contributed by atoms with E-state index >= 15 is 0 Å². The van der Waals surface area contributed by atoms with Gasteiger partial charge in [-0.25, -0.2) is 0 Å². The van der Waals surface area contributed by atoms with Gasteiger partial charge in [0.15, 0.2) is 0 Å². The van der Waals surface area contributed by atoms with Gasteiger partial charge in [-0.05, 0) is 26.2 Å². The molecular formula is C8H15NO. The molecule has 1 saturated carbocycles. The third kappa shape index (κ3) is 0.956. The van der Waals surface area contributed by atoms with Gasteiger partial charge in [0.2, 0.25) is 0 Å². The highest BCUT2D eigenvalue weighted by Crippen LogP contribution is 2.34. The van der Waals surface area contributed by atoms with Gasteiger partial charge in [0.1, 0.15) is 0 Å². The molecule has 0 unspecified atom stereocenters. The van der Waals surface area contributed by atoms with Crippen LogP contribution in [0.2, 0.25) is 0 Å². The van der Waals surface area contributed by atoms with E-state index in [0.717, 1.165) is 13.2 Å². The molecule has 58 valence electrons. The average molecular weight is 141 g/mol. The molecule has 1 spiro atoms. The predicted molar refractivity (Wildman–Crippen MR) is 40.0 cm³/mol. The molecular weight excluding hydrogens is 126 g/mol. The molecule has 0 aromatic heterocycles. The third-order valence-corrected chi connectivity index (χ3v) is 2.61. The molecule has 1 aliphatic carbocycles. The number of hydrogen-bond donors (Lipinski definition) is 1. The summed E-state index contributed by atoms with van der Waals surface area (Å²) >= 11 is 0. The molecule has 1 aliphatic heterocycles. The van der Waals surface area contributed by atoms with Crippen molar-refractivity contribution in [2.45, 2.75) is 37.8 Å². The van der Waals surface area contributed by atoms with Crippen LogP contribution in [0.15, 0.2) is 0 Å². The van der Waals surface area contributed by atoms with Crippen molar-refractivity contribution in [2.75, 3.05) is 13.2 Å². The SMILES string of the molecule is C[C@H]1COCC2(CCC2)N1. The van der Waals surface area contributed by atoms with Gasteiger partial charge >= 0.3 is 0 Å². The molecule has 0 radical (unpaired) electrons. The third-order valence-electron chi connectivity index (χ3n) is 2.61.